The van der Waals surface area contributed by atoms with Crippen LogP contribution >= 0.6 is 0 Å². The lowest BCUT2D eigenvalue weighted by atomic mass is 9.90. The molecule has 0 bridgehead atoms. The molecule has 1 aliphatic heterocycles. The molecule has 3 rings (SSSR count). The Kier molecular flexibility index (Phi) is 5.30. The number of fused-ring (bicyclic) bond motifs is 1. The van der Waals surface area contributed by atoms with Gasteiger partial charge in [0.25, 0.3) is 5.91 Å². The molecule has 2 aromatic rings. The van der Waals surface area contributed by atoms with E-state index in [4.69, 9.17) is 4.74 Å². The van der Waals surface area contributed by atoms with E-state index in [9.17, 15) is 23.2 Å². The number of ether oxygens (including phenoxy) is 1. The monoisotopic (exact) mass is 375 g/mol. The number of amides is 3. The number of hydrazine groups is 1. The van der Waals surface area contributed by atoms with Crippen molar-refractivity contribution in [1.82, 2.24) is 10.9 Å². The standard InChI is InChI=1S/C18H15F2N3O4/c19-10-5-6-11-12(8-16(24)21-14(11)7-10)18(26)23-22-17(25)9-27-15-4-2-1-3-13(15)20/h1-7,12H,8-9H2,(H,21,24)(H,22,25)(H,23,26)/t12-/m1/s1. The van der Waals surface area contributed by atoms with E-state index >= 15 is 0 Å². The molecule has 140 valence electrons. The van der Waals surface area contributed by atoms with Gasteiger partial charge < -0.3 is 10.1 Å². The molecule has 0 unspecified atom stereocenters. The molecule has 0 aromatic heterocycles. The molecule has 3 amide bonds. The first-order chi connectivity index (χ1) is 12.9. The molecule has 0 fully saturated rings. The molecule has 3 N–H and O–H groups in total. The van der Waals surface area contributed by atoms with Crippen molar-refractivity contribution in [3.8, 4) is 5.75 Å². The first kappa shape index (κ1) is 18.3. The van der Waals surface area contributed by atoms with Gasteiger partial charge in [0.05, 0.1) is 5.92 Å². The second-order valence-electron chi connectivity index (χ2n) is 5.79. The predicted molar refractivity (Wildman–Crippen MR) is 90.6 cm³/mol. The number of carbonyl (C=O) groups is 3. The third-order valence-electron chi connectivity index (χ3n) is 3.89. The Morgan fingerprint density at radius 3 is 2.70 bits per heavy atom. The van der Waals surface area contributed by atoms with E-state index < -0.39 is 41.9 Å². The molecule has 0 aliphatic carbocycles. The van der Waals surface area contributed by atoms with Crippen LogP contribution in [0.4, 0.5) is 14.5 Å². The fourth-order valence-electron chi connectivity index (χ4n) is 2.63. The van der Waals surface area contributed by atoms with Gasteiger partial charge in [0.1, 0.15) is 5.82 Å². The second kappa shape index (κ2) is 7.81. The van der Waals surface area contributed by atoms with Gasteiger partial charge in [0.15, 0.2) is 18.2 Å². The summed E-state index contributed by atoms with van der Waals surface area (Å²) >= 11 is 0. The van der Waals surface area contributed by atoms with Crippen LogP contribution in [0.15, 0.2) is 42.5 Å². The van der Waals surface area contributed by atoms with Crippen molar-refractivity contribution in [3.63, 3.8) is 0 Å². The van der Waals surface area contributed by atoms with Crippen molar-refractivity contribution in [2.45, 2.75) is 12.3 Å². The number of hydrogen-bond donors (Lipinski definition) is 3. The Bertz CT molecular complexity index is 904. The fourth-order valence-corrected chi connectivity index (χ4v) is 2.63. The Morgan fingerprint density at radius 1 is 1.15 bits per heavy atom. The van der Waals surface area contributed by atoms with Crippen molar-refractivity contribution >= 4 is 23.4 Å². The molecule has 0 radical (unpaired) electrons. The zero-order chi connectivity index (χ0) is 19.4. The fraction of sp³-hybridized carbons (Fsp3) is 0.167. The number of carbonyl (C=O) groups excluding carboxylic acids is 3. The van der Waals surface area contributed by atoms with Gasteiger partial charge in [-0.2, -0.15) is 0 Å². The van der Waals surface area contributed by atoms with Crippen molar-refractivity contribution in [2.75, 3.05) is 11.9 Å². The van der Waals surface area contributed by atoms with Crippen molar-refractivity contribution in [3.05, 3.63) is 59.7 Å². The molecular formula is C18H15F2N3O4. The summed E-state index contributed by atoms with van der Waals surface area (Å²) in [6.45, 7) is -0.520. The van der Waals surface area contributed by atoms with E-state index in [1.165, 1.54) is 30.3 Å². The molecule has 0 saturated carbocycles. The van der Waals surface area contributed by atoms with Crippen LogP contribution in [-0.4, -0.2) is 24.3 Å². The topological polar surface area (TPSA) is 96.5 Å². The highest BCUT2D eigenvalue weighted by Gasteiger charge is 2.31. The van der Waals surface area contributed by atoms with E-state index in [0.29, 0.717) is 5.56 Å². The maximum Gasteiger partial charge on any atom is 0.276 e. The minimum absolute atomic E-state index is 0.0983. The number of benzene rings is 2. The van der Waals surface area contributed by atoms with Gasteiger partial charge in [-0.25, -0.2) is 8.78 Å². The van der Waals surface area contributed by atoms with Crippen LogP contribution in [0.3, 0.4) is 0 Å². The third kappa shape index (κ3) is 4.38. The maximum absolute atomic E-state index is 13.4. The predicted octanol–water partition coefficient (Wildman–Crippen LogP) is 1.62. The third-order valence-corrected chi connectivity index (χ3v) is 3.89. The van der Waals surface area contributed by atoms with Crippen molar-refractivity contribution in [1.29, 1.82) is 0 Å². The van der Waals surface area contributed by atoms with Crippen LogP contribution < -0.4 is 20.9 Å². The quantitative estimate of drug-likeness (QED) is 0.708. The average Bonchev–Trinajstić information content (AvgIpc) is 2.64. The number of hydrogen-bond acceptors (Lipinski definition) is 4. The van der Waals surface area contributed by atoms with Gasteiger partial charge in [-0.05, 0) is 29.8 Å². The zero-order valence-corrected chi connectivity index (χ0v) is 13.9. The van der Waals surface area contributed by atoms with E-state index in [2.05, 4.69) is 16.2 Å². The van der Waals surface area contributed by atoms with E-state index in [-0.39, 0.29) is 17.9 Å². The minimum atomic E-state index is -0.887. The molecule has 0 saturated heterocycles. The molecule has 7 nitrogen and oxygen atoms in total. The minimum Gasteiger partial charge on any atom is -0.481 e. The maximum atomic E-state index is 13.4. The summed E-state index contributed by atoms with van der Waals surface area (Å²) in [4.78, 5) is 35.8. The van der Waals surface area contributed by atoms with Crippen LogP contribution in [0, 0.1) is 11.6 Å². The first-order valence-corrected chi connectivity index (χ1v) is 7.99. The van der Waals surface area contributed by atoms with E-state index in [0.717, 1.165) is 6.07 Å². The van der Waals surface area contributed by atoms with Gasteiger partial charge in [0.2, 0.25) is 11.8 Å². The normalized spacial score (nSPS) is 15.3. The number of para-hydroxylation sites is 1. The summed E-state index contributed by atoms with van der Waals surface area (Å²) in [6.07, 6.45) is -0.147. The molecule has 1 atom stereocenters. The summed E-state index contributed by atoms with van der Waals surface area (Å²) < 4.78 is 31.7. The summed E-state index contributed by atoms with van der Waals surface area (Å²) in [6, 6.07) is 9.27. The van der Waals surface area contributed by atoms with Gasteiger partial charge in [0, 0.05) is 12.1 Å². The van der Waals surface area contributed by atoms with E-state index in [1.807, 2.05) is 0 Å². The molecule has 9 heteroatoms. The summed E-state index contributed by atoms with van der Waals surface area (Å²) in [5.74, 6) is -3.95. The highest BCUT2D eigenvalue weighted by Crippen LogP contribution is 2.32. The van der Waals surface area contributed by atoms with E-state index in [1.54, 1.807) is 6.07 Å². The summed E-state index contributed by atoms with van der Waals surface area (Å²) in [7, 11) is 0. The van der Waals surface area contributed by atoms with Gasteiger partial charge >= 0.3 is 0 Å². The molecular weight excluding hydrogens is 360 g/mol. The lowest BCUT2D eigenvalue weighted by Gasteiger charge is -2.24. The molecule has 1 aliphatic rings. The van der Waals surface area contributed by atoms with Crippen LogP contribution in [0.2, 0.25) is 0 Å². The zero-order valence-electron chi connectivity index (χ0n) is 13.9. The molecule has 2 aromatic carbocycles. The van der Waals surface area contributed by atoms with Crippen LogP contribution in [0.5, 0.6) is 5.75 Å². The summed E-state index contributed by atoms with van der Waals surface area (Å²) in [5.41, 5.74) is 4.97. The first-order valence-electron chi connectivity index (χ1n) is 7.99. The SMILES string of the molecule is O=C(COc1ccccc1F)NNC(=O)[C@@H]1CC(=O)Nc2cc(F)ccc21. The smallest absolute Gasteiger partial charge is 0.276 e. The molecule has 1 heterocycles. The average molecular weight is 375 g/mol. The number of rotatable bonds is 4. The molecule has 27 heavy (non-hydrogen) atoms. The number of halogens is 2. The number of anilines is 1. The summed E-state index contributed by atoms with van der Waals surface area (Å²) in [5, 5.41) is 2.49. The lowest BCUT2D eigenvalue weighted by Crippen LogP contribution is -2.47. The Hall–Kier alpha value is -3.49. The van der Waals surface area contributed by atoms with Crippen LogP contribution in [-0.2, 0) is 14.4 Å². The molecule has 0 spiro atoms. The van der Waals surface area contributed by atoms with Gasteiger partial charge in [-0.3, -0.25) is 25.2 Å². The largest absolute Gasteiger partial charge is 0.481 e. The highest BCUT2D eigenvalue weighted by molar-refractivity contribution is 6.01. The van der Waals surface area contributed by atoms with Gasteiger partial charge in [-0.1, -0.05) is 18.2 Å². The Labute approximate surface area is 152 Å². The highest BCUT2D eigenvalue weighted by atomic mass is 19.1. The van der Waals surface area contributed by atoms with Crippen molar-refractivity contribution < 1.29 is 27.9 Å². The van der Waals surface area contributed by atoms with Gasteiger partial charge in [-0.15, -0.1) is 0 Å². The van der Waals surface area contributed by atoms with Crippen LogP contribution in [0.1, 0.15) is 17.9 Å². The van der Waals surface area contributed by atoms with Crippen LogP contribution in [0.25, 0.3) is 0 Å². The van der Waals surface area contributed by atoms with Crippen molar-refractivity contribution in [2.24, 2.45) is 0 Å². The Morgan fingerprint density at radius 2 is 1.93 bits per heavy atom. The Balaban J connectivity index is 1.57. The number of nitrogens with one attached hydrogen (secondary N) is 3. The second-order valence-corrected chi connectivity index (χ2v) is 5.79. The lowest BCUT2D eigenvalue weighted by molar-refractivity contribution is -0.131.